The first-order valence-corrected chi connectivity index (χ1v) is 14.1. The Morgan fingerprint density at radius 1 is 0.973 bits per heavy atom. The van der Waals surface area contributed by atoms with Gasteiger partial charge in [-0.25, -0.2) is 8.42 Å². The standard InChI is InChI=1S/C31H37NO4S/c1-6-7-10-19-29(33)36-30(28-17-13-9-14-18-28)26(5)32(22-27-15-11-8-12-16-27)37(34,35)31-24(3)20-23(2)21-25(31)4/h6,8-9,11-18,20-21,26,30H,1,7,10,19,22H2,2-5H3/t26-,30-/m1/s1. The van der Waals surface area contributed by atoms with Gasteiger partial charge in [-0.1, -0.05) is 84.4 Å². The van der Waals surface area contributed by atoms with Gasteiger partial charge in [0.1, 0.15) is 6.10 Å². The first-order chi connectivity index (χ1) is 17.6. The molecule has 0 radical (unpaired) electrons. The SMILES string of the molecule is C=CCCCC(=O)O[C@@H](c1ccccc1)[C@@H](C)N(Cc1ccccc1)S(=O)(=O)c1c(C)cc(C)cc1C. The molecule has 0 aliphatic carbocycles. The molecule has 2 atom stereocenters. The van der Waals surface area contributed by atoms with Crippen LogP contribution >= 0.6 is 0 Å². The summed E-state index contributed by atoms with van der Waals surface area (Å²) in [5.41, 5.74) is 4.00. The maximum atomic E-state index is 14.3. The van der Waals surface area contributed by atoms with Crippen LogP contribution < -0.4 is 0 Å². The molecule has 3 rings (SSSR count). The second-order valence-electron chi connectivity index (χ2n) is 9.51. The van der Waals surface area contributed by atoms with Crippen LogP contribution in [-0.2, 0) is 26.1 Å². The molecule has 0 N–H and O–H groups in total. The van der Waals surface area contributed by atoms with Crippen LogP contribution in [0.3, 0.4) is 0 Å². The molecule has 0 aliphatic rings. The lowest BCUT2D eigenvalue weighted by atomic mass is 10.0. The molecule has 0 amide bonds. The van der Waals surface area contributed by atoms with Crippen molar-refractivity contribution in [1.82, 2.24) is 4.31 Å². The third kappa shape index (κ3) is 7.18. The molecule has 37 heavy (non-hydrogen) atoms. The van der Waals surface area contributed by atoms with Crippen molar-refractivity contribution in [2.45, 2.75) is 70.5 Å². The normalized spacial score (nSPS) is 13.2. The first-order valence-electron chi connectivity index (χ1n) is 12.6. The fourth-order valence-electron chi connectivity index (χ4n) is 4.73. The van der Waals surface area contributed by atoms with E-state index in [1.165, 1.54) is 4.31 Å². The molecule has 0 saturated heterocycles. The van der Waals surface area contributed by atoms with Gasteiger partial charge in [-0.2, -0.15) is 4.31 Å². The van der Waals surface area contributed by atoms with E-state index in [4.69, 9.17) is 4.74 Å². The van der Waals surface area contributed by atoms with Crippen LogP contribution in [0.15, 0.2) is 90.3 Å². The highest BCUT2D eigenvalue weighted by Crippen LogP contribution is 2.33. The average molecular weight is 520 g/mol. The highest BCUT2D eigenvalue weighted by atomic mass is 32.2. The zero-order chi connectivity index (χ0) is 27.0. The van der Waals surface area contributed by atoms with Gasteiger partial charge in [0.2, 0.25) is 10.0 Å². The Morgan fingerprint density at radius 2 is 1.54 bits per heavy atom. The van der Waals surface area contributed by atoms with Crippen molar-refractivity contribution in [3.8, 4) is 0 Å². The first kappa shape index (κ1) is 28.4. The summed E-state index contributed by atoms with van der Waals surface area (Å²) in [6, 6.07) is 22.0. The van der Waals surface area contributed by atoms with Crippen molar-refractivity contribution >= 4 is 16.0 Å². The molecule has 0 fully saturated rings. The summed E-state index contributed by atoms with van der Waals surface area (Å²) >= 11 is 0. The summed E-state index contributed by atoms with van der Waals surface area (Å²) in [5.74, 6) is -0.359. The van der Waals surface area contributed by atoms with Crippen molar-refractivity contribution in [3.05, 3.63) is 113 Å². The zero-order valence-electron chi connectivity index (χ0n) is 22.2. The predicted molar refractivity (Wildman–Crippen MR) is 149 cm³/mol. The Hall–Kier alpha value is -3.22. The monoisotopic (exact) mass is 519 g/mol. The number of esters is 1. The van der Waals surface area contributed by atoms with Gasteiger partial charge < -0.3 is 4.74 Å². The molecule has 0 spiro atoms. The van der Waals surface area contributed by atoms with E-state index in [0.717, 1.165) is 16.7 Å². The van der Waals surface area contributed by atoms with Gasteiger partial charge in [0.05, 0.1) is 10.9 Å². The number of hydrogen-bond donors (Lipinski definition) is 0. The van der Waals surface area contributed by atoms with E-state index in [1.54, 1.807) is 6.08 Å². The zero-order valence-corrected chi connectivity index (χ0v) is 23.0. The quantitative estimate of drug-likeness (QED) is 0.149. The molecule has 6 heteroatoms. The van der Waals surface area contributed by atoms with Crippen LogP contribution in [0.4, 0.5) is 0 Å². The van der Waals surface area contributed by atoms with E-state index in [9.17, 15) is 13.2 Å². The molecular weight excluding hydrogens is 482 g/mol. The third-order valence-corrected chi connectivity index (χ3v) is 8.66. The molecule has 0 aliphatic heterocycles. The van der Waals surface area contributed by atoms with E-state index in [0.29, 0.717) is 28.9 Å². The number of benzene rings is 3. The summed E-state index contributed by atoms with van der Waals surface area (Å²) in [4.78, 5) is 13.1. The lowest BCUT2D eigenvalue weighted by Crippen LogP contribution is -2.43. The molecular formula is C31H37NO4S. The summed E-state index contributed by atoms with van der Waals surface area (Å²) in [7, 11) is -3.96. The smallest absolute Gasteiger partial charge is 0.306 e. The number of rotatable bonds is 12. The third-order valence-electron chi connectivity index (χ3n) is 6.42. The number of allylic oxidation sites excluding steroid dienone is 1. The highest BCUT2D eigenvalue weighted by molar-refractivity contribution is 7.89. The summed E-state index contributed by atoms with van der Waals surface area (Å²) in [5, 5.41) is 0. The van der Waals surface area contributed by atoms with Crippen molar-refractivity contribution in [1.29, 1.82) is 0 Å². The minimum absolute atomic E-state index is 0.147. The van der Waals surface area contributed by atoms with Crippen molar-refractivity contribution in [2.75, 3.05) is 0 Å². The van der Waals surface area contributed by atoms with E-state index < -0.39 is 22.2 Å². The average Bonchev–Trinajstić information content (AvgIpc) is 2.86. The minimum atomic E-state index is -3.96. The topological polar surface area (TPSA) is 63.7 Å². The second kappa shape index (κ2) is 12.8. The maximum absolute atomic E-state index is 14.3. The number of carbonyl (C=O) groups excluding carboxylic acids is 1. The second-order valence-corrected chi connectivity index (χ2v) is 11.3. The summed E-state index contributed by atoms with van der Waals surface area (Å²) < 4.78 is 36.1. The number of ether oxygens (including phenoxy) is 1. The van der Waals surface area contributed by atoms with Crippen molar-refractivity contribution < 1.29 is 17.9 Å². The molecule has 5 nitrogen and oxygen atoms in total. The molecule has 0 saturated carbocycles. The highest BCUT2D eigenvalue weighted by Gasteiger charge is 2.37. The van der Waals surface area contributed by atoms with Gasteiger partial charge in [0, 0.05) is 13.0 Å². The number of carbonyl (C=O) groups is 1. The van der Waals surface area contributed by atoms with Crippen LogP contribution in [0.2, 0.25) is 0 Å². The van der Waals surface area contributed by atoms with E-state index in [-0.39, 0.29) is 18.9 Å². The fraction of sp³-hybridized carbons (Fsp3) is 0.323. The van der Waals surface area contributed by atoms with Crippen LogP contribution in [0, 0.1) is 20.8 Å². The number of nitrogens with zero attached hydrogens (tertiary/aromatic N) is 1. The molecule has 0 bridgehead atoms. The molecule has 0 aromatic heterocycles. The van der Waals surface area contributed by atoms with Crippen molar-refractivity contribution in [3.63, 3.8) is 0 Å². The predicted octanol–water partition coefficient (Wildman–Crippen LogP) is 6.83. The van der Waals surface area contributed by atoms with Gasteiger partial charge in [-0.15, -0.1) is 6.58 Å². The summed E-state index contributed by atoms with van der Waals surface area (Å²) in [6.45, 7) is 11.3. The Bertz CT molecular complexity index is 1280. The number of unbranched alkanes of at least 4 members (excludes halogenated alkanes) is 1. The van der Waals surface area contributed by atoms with Gasteiger partial charge in [0.15, 0.2) is 0 Å². The maximum Gasteiger partial charge on any atom is 0.306 e. The molecule has 0 unspecified atom stereocenters. The number of sulfonamides is 1. The Kier molecular flexibility index (Phi) is 9.84. The van der Waals surface area contributed by atoms with E-state index >= 15 is 0 Å². The molecule has 196 valence electrons. The number of aryl methyl sites for hydroxylation is 3. The van der Waals surface area contributed by atoms with Gasteiger partial charge in [-0.05, 0) is 62.8 Å². The molecule has 0 heterocycles. The van der Waals surface area contributed by atoms with Gasteiger partial charge in [0.25, 0.3) is 0 Å². The summed E-state index contributed by atoms with van der Waals surface area (Å²) in [6.07, 6.45) is 2.57. The minimum Gasteiger partial charge on any atom is -0.456 e. The largest absolute Gasteiger partial charge is 0.456 e. The van der Waals surface area contributed by atoms with Crippen LogP contribution in [0.1, 0.15) is 60.1 Å². The van der Waals surface area contributed by atoms with Crippen molar-refractivity contribution in [2.24, 2.45) is 0 Å². The Morgan fingerprint density at radius 3 is 2.11 bits per heavy atom. The van der Waals surface area contributed by atoms with Crippen LogP contribution in [0.5, 0.6) is 0 Å². The lowest BCUT2D eigenvalue weighted by Gasteiger charge is -2.34. The Balaban J connectivity index is 2.09. The lowest BCUT2D eigenvalue weighted by molar-refractivity contribution is -0.152. The van der Waals surface area contributed by atoms with Gasteiger partial charge >= 0.3 is 5.97 Å². The number of hydrogen-bond acceptors (Lipinski definition) is 4. The molecule has 3 aromatic carbocycles. The van der Waals surface area contributed by atoms with Crippen LogP contribution in [0.25, 0.3) is 0 Å². The van der Waals surface area contributed by atoms with E-state index in [1.807, 2.05) is 100 Å². The van der Waals surface area contributed by atoms with E-state index in [2.05, 4.69) is 6.58 Å². The van der Waals surface area contributed by atoms with Crippen LogP contribution in [-0.4, -0.2) is 24.7 Å². The molecule has 3 aromatic rings. The fourth-order valence-corrected chi connectivity index (χ4v) is 6.77. The van der Waals surface area contributed by atoms with Gasteiger partial charge in [-0.3, -0.25) is 4.79 Å². The Labute approximate surface area is 221 Å².